The minimum atomic E-state index is -0.136. The zero-order valence-electron chi connectivity index (χ0n) is 17.6. The van der Waals surface area contributed by atoms with Crippen LogP contribution >= 0.6 is 0 Å². The second-order valence-electron chi connectivity index (χ2n) is 7.55. The second kappa shape index (κ2) is 9.49. The smallest absolute Gasteiger partial charge is 0.153 e. The molecule has 1 aromatic heterocycles. The number of aryl methyl sites for hydroxylation is 2. The molecule has 1 unspecified atom stereocenters. The summed E-state index contributed by atoms with van der Waals surface area (Å²) in [5, 5.41) is 0. The predicted molar refractivity (Wildman–Crippen MR) is 121 cm³/mol. The summed E-state index contributed by atoms with van der Waals surface area (Å²) in [7, 11) is 0. The zero-order chi connectivity index (χ0) is 20.8. The monoisotopic (exact) mass is 400 g/mol. The van der Waals surface area contributed by atoms with Crippen LogP contribution in [0.5, 0.6) is 11.5 Å². The number of rotatable bonds is 9. The molecule has 1 atom stereocenters. The van der Waals surface area contributed by atoms with Crippen molar-refractivity contribution in [1.82, 2.24) is 9.55 Å². The van der Waals surface area contributed by atoms with E-state index >= 15 is 0 Å². The molecular weight excluding hydrogens is 372 g/mol. The molecule has 0 amide bonds. The molecule has 0 N–H and O–H groups in total. The number of unbranched alkanes of at least 4 members (excludes halogenated alkanes) is 1. The van der Waals surface area contributed by atoms with Gasteiger partial charge in [-0.3, -0.25) is 0 Å². The predicted octanol–water partition coefficient (Wildman–Crippen LogP) is 6.34. The molecule has 154 valence electrons. The van der Waals surface area contributed by atoms with Gasteiger partial charge in [-0.1, -0.05) is 48.0 Å². The lowest BCUT2D eigenvalue weighted by Gasteiger charge is -2.17. The molecular formula is C26H28N2O2. The van der Waals surface area contributed by atoms with Gasteiger partial charge < -0.3 is 14.0 Å². The van der Waals surface area contributed by atoms with Crippen LogP contribution in [0, 0.1) is 6.92 Å². The molecule has 0 aliphatic rings. The van der Waals surface area contributed by atoms with Crippen LogP contribution in [0.1, 0.15) is 37.3 Å². The van der Waals surface area contributed by atoms with Crippen molar-refractivity contribution in [3.63, 3.8) is 0 Å². The Labute approximate surface area is 178 Å². The van der Waals surface area contributed by atoms with Gasteiger partial charge in [-0.2, -0.15) is 0 Å². The fourth-order valence-electron chi connectivity index (χ4n) is 3.59. The Kier molecular flexibility index (Phi) is 6.33. The fourth-order valence-corrected chi connectivity index (χ4v) is 3.59. The van der Waals surface area contributed by atoms with E-state index in [1.54, 1.807) is 0 Å². The number of para-hydroxylation sites is 3. The Morgan fingerprint density at radius 1 is 0.833 bits per heavy atom. The Bertz CT molecular complexity index is 1070. The van der Waals surface area contributed by atoms with Crippen LogP contribution in [0.3, 0.4) is 0 Å². The Hall–Kier alpha value is -3.27. The summed E-state index contributed by atoms with van der Waals surface area (Å²) in [5.74, 6) is 2.74. The SMILES string of the molecule is Cc1ccc(OCCCCn2c(C(C)Oc3ccccc3)nc3ccccc32)cc1. The van der Waals surface area contributed by atoms with Gasteiger partial charge in [0.25, 0.3) is 0 Å². The van der Waals surface area contributed by atoms with E-state index < -0.39 is 0 Å². The van der Waals surface area contributed by atoms with Crippen molar-refractivity contribution >= 4 is 11.0 Å². The Morgan fingerprint density at radius 3 is 2.37 bits per heavy atom. The second-order valence-corrected chi connectivity index (χ2v) is 7.55. The highest BCUT2D eigenvalue weighted by Crippen LogP contribution is 2.25. The molecule has 3 aromatic carbocycles. The third kappa shape index (κ3) is 4.82. The summed E-state index contributed by atoms with van der Waals surface area (Å²) < 4.78 is 14.3. The molecule has 0 bridgehead atoms. The van der Waals surface area contributed by atoms with Crippen molar-refractivity contribution < 1.29 is 9.47 Å². The van der Waals surface area contributed by atoms with E-state index in [1.165, 1.54) is 5.56 Å². The lowest BCUT2D eigenvalue weighted by molar-refractivity contribution is 0.211. The zero-order valence-corrected chi connectivity index (χ0v) is 17.6. The molecule has 4 heteroatoms. The molecule has 0 saturated carbocycles. The maximum absolute atomic E-state index is 6.16. The third-order valence-corrected chi connectivity index (χ3v) is 5.17. The van der Waals surface area contributed by atoms with Crippen molar-refractivity contribution in [3.05, 3.63) is 90.3 Å². The number of hydrogen-bond acceptors (Lipinski definition) is 3. The van der Waals surface area contributed by atoms with E-state index in [0.29, 0.717) is 6.61 Å². The number of ether oxygens (including phenoxy) is 2. The van der Waals surface area contributed by atoms with Gasteiger partial charge in [0.05, 0.1) is 17.6 Å². The van der Waals surface area contributed by atoms with Gasteiger partial charge in [-0.25, -0.2) is 4.98 Å². The van der Waals surface area contributed by atoms with Crippen molar-refractivity contribution in [2.24, 2.45) is 0 Å². The number of imidazole rings is 1. The summed E-state index contributed by atoms with van der Waals surface area (Å²) >= 11 is 0. The largest absolute Gasteiger partial charge is 0.494 e. The van der Waals surface area contributed by atoms with Crippen molar-refractivity contribution in [1.29, 1.82) is 0 Å². The Balaban J connectivity index is 1.41. The van der Waals surface area contributed by atoms with Gasteiger partial charge in [-0.15, -0.1) is 0 Å². The average molecular weight is 401 g/mol. The molecule has 0 aliphatic carbocycles. The normalized spacial score (nSPS) is 12.1. The molecule has 1 heterocycles. The summed E-state index contributed by atoms with van der Waals surface area (Å²) in [4.78, 5) is 4.87. The van der Waals surface area contributed by atoms with E-state index in [2.05, 4.69) is 48.7 Å². The molecule has 4 aromatic rings. The van der Waals surface area contributed by atoms with Crippen molar-refractivity contribution in [2.75, 3.05) is 6.61 Å². The van der Waals surface area contributed by atoms with E-state index in [0.717, 1.165) is 47.7 Å². The van der Waals surface area contributed by atoms with E-state index in [-0.39, 0.29) is 6.10 Å². The van der Waals surface area contributed by atoms with E-state index in [4.69, 9.17) is 14.5 Å². The van der Waals surface area contributed by atoms with Crippen LogP contribution in [-0.4, -0.2) is 16.2 Å². The highest BCUT2D eigenvalue weighted by Gasteiger charge is 2.17. The molecule has 4 nitrogen and oxygen atoms in total. The molecule has 30 heavy (non-hydrogen) atoms. The molecule has 0 fully saturated rings. The lowest BCUT2D eigenvalue weighted by atomic mass is 10.2. The molecule has 0 radical (unpaired) electrons. The lowest BCUT2D eigenvalue weighted by Crippen LogP contribution is -2.12. The van der Waals surface area contributed by atoms with Gasteiger partial charge in [0.15, 0.2) is 11.9 Å². The van der Waals surface area contributed by atoms with Gasteiger partial charge in [0, 0.05) is 6.54 Å². The molecule has 0 aliphatic heterocycles. The van der Waals surface area contributed by atoms with Crippen molar-refractivity contribution in [2.45, 2.75) is 39.3 Å². The Morgan fingerprint density at radius 2 is 1.57 bits per heavy atom. The topological polar surface area (TPSA) is 36.3 Å². The first-order valence-corrected chi connectivity index (χ1v) is 10.6. The summed E-state index contributed by atoms with van der Waals surface area (Å²) in [6.45, 7) is 5.74. The summed E-state index contributed by atoms with van der Waals surface area (Å²) in [5.41, 5.74) is 3.40. The molecule has 4 rings (SSSR count). The van der Waals surface area contributed by atoms with Gasteiger partial charge >= 0.3 is 0 Å². The van der Waals surface area contributed by atoms with Gasteiger partial charge in [0.1, 0.15) is 11.5 Å². The summed E-state index contributed by atoms with van der Waals surface area (Å²) in [6.07, 6.45) is 1.86. The maximum atomic E-state index is 6.16. The van der Waals surface area contributed by atoms with E-state index in [9.17, 15) is 0 Å². The first-order valence-electron chi connectivity index (χ1n) is 10.6. The highest BCUT2D eigenvalue weighted by molar-refractivity contribution is 5.76. The number of nitrogens with zero attached hydrogens (tertiary/aromatic N) is 2. The minimum absolute atomic E-state index is 0.136. The van der Waals surface area contributed by atoms with Crippen LogP contribution in [0.25, 0.3) is 11.0 Å². The first kappa shape index (κ1) is 20.0. The average Bonchev–Trinajstić information content (AvgIpc) is 3.14. The number of aromatic nitrogens is 2. The van der Waals surface area contributed by atoms with Crippen LogP contribution in [0.4, 0.5) is 0 Å². The summed E-state index contributed by atoms with van der Waals surface area (Å²) in [6, 6.07) is 26.4. The third-order valence-electron chi connectivity index (χ3n) is 5.17. The fraction of sp³-hybridized carbons (Fsp3) is 0.269. The number of benzene rings is 3. The standard InChI is InChI=1S/C26H28N2O2/c1-20-14-16-22(17-15-20)29-19-9-8-18-28-25-13-7-6-12-24(25)27-26(28)21(2)30-23-10-4-3-5-11-23/h3-7,10-17,21H,8-9,18-19H2,1-2H3. The van der Waals surface area contributed by atoms with Crippen LogP contribution in [0.2, 0.25) is 0 Å². The maximum Gasteiger partial charge on any atom is 0.153 e. The van der Waals surface area contributed by atoms with E-state index in [1.807, 2.05) is 48.5 Å². The van der Waals surface area contributed by atoms with Crippen LogP contribution in [0.15, 0.2) is 78.9 Å². The minimum Gasteiger partial charge on any atom is -0.494 e. The van der Waals surface area contributed by atoms with Crippen LogP contribution < -0.4 is 9.47 Å². The first-order chi connectivity index (χ1) is 14.7. The molecule has 0 saturated heterocycles. The van der Waals surface area contributed by atoms with Gasteiger partial charge in [0.2, 0.25) is 0 Å². The quantitative estimate of drug-likeness (QED) is 0.307. The van der Waals surface area contributed by atoms with Crippen LogP contribution in [-0.2, 0) is 6.54 Å². The van der Waals surface area contributed by atoms with Crippen molar-refractivity contribution in [3.8, 4) is 11.5 Å². The number of hydrogen-bond donors (Lipinski definition) is 0. The number of fused-ring (bicyclic) bond motifs is 1. The highest BCUT2D eigenvalue weighted by atomic mass is 16.5. The molecule has 0 spiro atoms. The van der Waals surface area contributed by atoms with Gasteiger partial charge in [-0.05, 0) is 63.1 Å².